The molecule has 1 unspecified atom stereocenters. The largest absolute Gasteiger partial charge is 0.348 e. The van der Waals surface area contributed by atoms with Crippen molar-refractivity contribution in [1.82, 2.24) is 9.97 Å². The average molecular weight is 242 g/mol. The maximum atomic E-state index is 4.17. The molecule has 0 fully saturated rings. The third-order valence-electron chi connectivity index (χ3n) is 3.76. The Morgan fingerprint density at radius 3 is 2.78 bits per heavy atom. The maximum absolute atomic E-state index is 4.17. The van der Waals surface area contributed by atoms with Crippen LogP contribution in [-0.2, 0) is 0 Å². The van der Waals surface area contributed by atoms with Crippen molar-refractivity contribution in [3.63, 3.8) is 0 Å². The molecule has 0 aliphatic heterocycles. The predicted molar refractivity (Wildman–Crippen MR) is 75.9 cm³/mol. The predicted octanol–water partition coefficient (Wildman–Crippen LogP) is 4.35. The van der Waals surface area contributed by atoms with Crippen molar-refractivity contribution < 1.29 is 0 Å². The fourth-order valence-electron chi connectivity index (χ4n) is 2.50. The molecule has 0 saturated heterocycles. The molecule has 0 saturated carbocycles. The molecule has 1 N–H and O–H groups in total. The number of aromatic amines is 1. The van der Waals surface area contributed by atoms with E-state index in [1.165, 1.54) is 41.6 Å². The molecule has 0 spiro atoms. The number of aryl methyl sites for hydroxylation is 1. The summed E-state index contributed by atoms with van der Waals surface area (Å²) in [6.07, 6.45) is 7.40. The number of unbranched alkanes of at least 4 members (excludes halogenated alkanes) is 1. The topological polar surface area (TPSA) is 28.7 Å². The molecule has 18 heavy (non-hydrogen) atoms. The van der Waals surface area contributed by atoms with Crippen molar-refractivity contribution in [2.24, 2.45) is 0 Å². The first-order valence-electron chi connectivity index (χ1n) is 6.78. The number of nitrogens with one attached hydrogen (secondary N) is 1. The summed E-state index contributed by atoms with van der Waals surface area (Å²) in [4.78, 5) is 7.45. The first-order valence-corrected chi connectivity index (χ1v) is 6.78. The van der Waals surface area contributed by atoms with E-state index in [0.717, 1.165) is 0 Å². The minimum Gasteiger partial charge on any atom is -0.348 e. The van der Waals surface area contributed by atoms with Gasteiger partial charge < -0.3 is 4.98 Å². The molecule has 0 amide bonds. The molecule has 0 radical (unpaired) electrons. The number of rotatable bonds is 5. The molecule has 2 rings (SSSR count). The summed E-state index contributed by atoms with van der Waals surface area (Å²) in [5, 5.41) is 0. The Balaban J connectivity index is 2.37. The summed E-state index contributed by atoms with van der Waals surface area (Å²) in [6, 6.07) is 6.60. The Morgan fingerprint density at radius 2 is 2.11 bits per heavy atom. The molecular weight excluding hydrogens is 220 g/mol. The van der Waals surface area contributed by atoms with Crippen molar-refractivity contribution in [1.29, 1.82) is 0 Å². The zero-order valence-electron chi connectivity index (χ0n) is 11.5. The Bertz CT molecular complexity index is 486. The summed E-state index contributed by atoms with van der Waals surface area (Å²) in [5.74, 6) is 0.451. The second-order valence-corrected chi connectivity index (χ2v) is 4.99. The Labute approximate surface area is 109 Å². The van der Waals surface area contributed by atoms with Gasteiger partial charge >= 0.3 is 0 Å². The molecule has 1 heterocycles. The van der Waals surface area contributed by atoms with Crippen LogP contribution in [0.1, 0.15) is 54.5 Å². The van der Waals surface area contributed by atoms with Gasteiger partial charge in [-0.25, -0.2) is 4.98 Å². The quantitative estimate of drug-likeness (QED) is 0.829. The highest BCUT2D eigenvalue weighted by atomic mass is 14.9. The van der Waals surface area contributed by atoms with Crippen LogP contribution in [0, 0.1) is 13.8 Å². The maximum Gasteiger partial charge on any atom is 0.0921 e. The minimum absolute atomic E-state index is 0.451. The van der Waals surface area contributed by atoms with Gasteiger partial charge in [0.05, 0.1) is 6.33 Å². The van der Waals surface area contributed by atoms with Crippen molar-refractivity contribution in [3.05, 3.63) is 53.1 Å². The Hall–Kier alpha value is -1.57. The molecule has 1 aromatic carbocycles. The molecule has 2 nitrogen and oxygen atoms in total. The fraction of sp³-hybridized carbons (Fsp3) is 0.438. The smallest absolute Gasteiger partial charge is 0.0921 e. The number of hydrogen-bond donors (Lipinski definition) is 1. The van der Waals surface area contributed by atoms with Crippen molar-refractivity contribution in [3.8, 4) is 0 Å². The lowest BCUT2D eigenvalue weighted by molar-refractivity contribution is 0.637. The SMILES string of the molecule is CCCCC(c1cnc[nH]1)c1cccc(C)c1C. The van der Waals surface area contributed by atoms with Crippen LogP contribution in [0.5, 0.6) is 0 Å². The molecule has 96 valence electrons. The van der Waals surface area contributed by atoms with Crippen molar-refractivity contribution in [2.45, 2.75) is 46.0 Å². The summed E-state index contributed by atoms with van der Waals surface area (Å²) < 4.78 is 0. The number of nitrogens with zero attached hydrogens (tertiary/aromatic N) is 1. The highest BCUT2D eigenvalue weighted by Crippen LogP contribution is 2.31. The van der Waals surface area contributed by atoms with Gasteiger partial charge in [-0.05, 0) is 37.0 Å². The first-order chi connectivity index (χ1) is 8.74. The standard InChI is InChI=1S/C16H22N2/c1-4-5-8-15(16-10-17-11-18-16)14-9-6-7-12(2)13(14)3/h6-7,9-11,15H,4-5,8H2,1-3H3,(H,17,18). The van der Waals surface area contributed by atoms with Crippen LogP contribution in [0.3, 0.4) is 0 Å². The lowest BCUT2D eigenvalue weighted by Crippen LogP contribution is -2.05. The van der Waals surface area contributed by atoms with Crippen molar-refractivity contribution in [2.75, 3.05) is 0 Å². The second kappa shape index (κ2) is 5.85. The van der Waals surface area contributed by atoms with E-state index in [-0.39, 0.29) is 0 Å². The zero-order valence-corrected chi connectivity index (χ0v) is 11.5. The van der Waals surface area contributed by atoms with E-state index in [1.807, 2.05) is 6.20 Å². The van der Waals surface area contributed by atoms with E-state index in [0.29, 0.717) is 5.92 Å². The summed E-state index contributed by atoms with van der Waals surface area (Å²) in [6.45, 7) is 6.65. The Kier molecular flexibility index (Phi) is 4.19. The molecule has 1 aromatic heterocycles. The summed E-state index contributed by atoms with van der Waals surface area (Å²) in [7, 11) is 0. The van der Waals surface area contributed by atoms with Gasteiger partial charge in [0.15, 0.2) is 0 Å². The third kappa shape index (κ3) is 2.63. The summed E-state index contributed by atoms with van der Waals surface area (Å²) in [5.41, 5.74) is 5.45. The van der Waals surface area contributed by atoms with Gasteiger partial charge in [0.1, 0.15) is 0 Å². The molecule has 0 aliphatic rings. The minimum atomic E-state index is 0.451. The van der Waals surface area contributed by atoms with Gasteiger partial charge in [0.2, 0.25) is 0 Å². The summed E-state index contributed by atoms with van der Waals surface area (Å²) >= 11 is 0. The normalized spacial score (nSPS) is 12.6. The second-order valence-electron chi connectivity index (χ2n) is 4.99. The Morgan fingerprint density at radius 1 is 1.28 bits per heavy atom. The number of hydrogen-bond acceptors (Lipinski definition) is 1. The lowest BCUT2D eigenvalue weighted by atomic mass is 9.87. The van der Waals surface area contributed by atoms with Gasteiger partial charge in [-0.1, -0.05) is 38.0 Å². The molecule has 2 aromatic rings. The van der Waals surface area contributed by atoms with Gasteiger partial charge in [0, 0.05) is 17.8 Å². The number of imidazole rings is 1. The van der Waals surface area contributed by atoms with Crippen LogP contribution in [0.4, 0.5) is 0 Å². The number of H-pyrrole nitrogens is 1. The zero-order chi connectivity index (χ0) is 13.0. The van der Waals surface area contributed by atoms with E-state index in [2.05, 4.69) is 48.9 Å². The van der Waals surface area contributed by atoms with Crippen LogP contribution < -0.4 is 0 Å². The average Bonchev–Trinajstić information content (AvgIpc) is 2.88. The number of aromatic nitrogens is 2. The van der Waals surface area contributed by atoms with E-state index >= 15 is 0 Å². The van der Waals surface area contributed by atoms with E-state index in [9.17, 15) is 0 Å². The molecule has 1 atom stereocenters. The van der Waals surface area contributed by atoms with Gasteiger partial charge in [0.25, 0.3) is 0 Å². The lowest BCUT2D eigenvalue weighted by Gasteiger charge is -2.19. The van der Waals surface area contributed by atoms with Gasteiger partial charge in [-0.2, -0.15) is 0 Å². The van der Waals surface area contributed by atoms with Gasteiger partial charge in [-0.3, -0.25) is 0 Å². The van der Waals surface area contributed by atoms with Crippen LogP contribution in [0.15, 0.2) is 30.7 Å². The molecule has 2 heteroatoms. The van der Waals surface area contributed by atoms with Crippen LogP contribution in [-0.4, -0.2) is 9.97 Å². The highest BCUT2D eigenvalue weighted by molar-refractivity contribution is 5.39. The molecular formula is C16H22N2. The van der Waals surface area contributed by atoms with E-state index < -0.39 is 0 Å². The monoisotopic (exact) mass is 242 g/mol. The van der Waals surface area contributed by atoms with Crippen molar-refractivity contribution >= 4 is 0 Å². The third-order valence-corrected chi connectivity index (χ3v) is 3.76. The highest BCUT2D eigenvalue weighted by Gasteiger charge is 2.17. The fourth-order valence-corrected chi connectivity index (χ4v) is 2.50. The van der Waals surface area contributed by atoms with Gasteiger partial charge in [-0.15, -0.1) is 0 Å². The van der Waals surface area contributed by atoms with Crippen LogP contribution >= 0.6 is 0 Å². The van der Waals surface area contributed by atoms with Crippen LogP contribution in [0.25, 0.3) is 0 Å². The van der Waals surface area contributed by atoms with E-state index in [1.54, 1.807) is 6.33 Å². The van der Waals surface area contributed by atoms with Crippen LogP contribution in [0.2, 0.25) is 0 Å². The number of benzene rings is 1. The molecule has 0 bridgehead atoms. The first kappa shape index (κ1) is 12.9. The molecule has 0 aliphatic carbocycles. The van der Waals surface area contributed by atoms with E-state index in [4.69, 9.17) is 0 Å².